The Kier molecular flexibility index (Phi) is 6.10. The summed E-state index contributed by atoms with van der Waals surface area (Å²) in [4.78, 5) is 15.1. The molecule has 1 spiro atoms. The first-order valence-electron chi connectivity index (χ1n) is 10.9. The summed E-state index contributed by atoms with van der Waals surface area (Å²) in [5.74, 6) is 2.12. The lowest BCUT2D eigenvalue weighted by molar-refractivity contribution is -0.0608. The maximum Gasteiger partial charge on any atom is 0.253 e. The minimum absolute atomic E-state index is 0.00347. The largest absolute Gasteiger partial charge is 0.493 e. The Bertz CT molecular complexity index is 933. The number of piperidine rings is 1. The summed E-state index contributed by atoms with van der Waals surface area (Å²) in [5.41, 5.74) is 1.41. The molecule has 0 aromatic heterocycles. The van der Waals surface area contributed by atoms with E-state index in [4.69, 9.17) is 18.9 Å². The molecule has 0 aliphatic carbocycles. The van der Waals surface area contributed by atoms with Gasteiger partial charge in [-0.1, -0.05) is 18.2 Å². The van der Waals surface area contributed by atoms with Crippen molar-refractivity contribution in [3.8, 4) is 17.2 Å². The van der Waals surface area contributed by atoms with Gasteiger partial charge in [0.25, 0.3) is 5.91 Å². The molecule has 2 aliphatic rings. The number of amides is 1. The molecule has 0 bridgehead atoms. The molecular weight excluding hydrogens is 394 g/mol. The average Bonchev–Trinajstić information content (AvgIpc) is 2.78. The third kappa shape index (κ3) is 4.35. The number of likely N-dealkylation sites (tertiary alicyclic amines) is 1. The van der Waals surface area contributed by atoms with Gasteiger partial charge in [0.1, 0.15) is 11.4 Å². The monoisotopic (exact) mass is 425 g/mol. The standard InChI is InChI=1S/C25H31NO5/c1-17(2)30-21-10-9-18(15-22(21)28-3)24(27)26-13-11-25(12-14-26)16-23(29-4)19-7-5-6-8-20(19)31-25/h5-10,15,17,23H,11-14,16H2,1-4H3. The van der Waals surface area contributed by atoms with E-state index in [1.807, 2.05) is 43.0 Å². The number of methoxy groups -OCH3 is 2. The van der Waals surface area contributed by atoms with Crippen LogP contribution in [0.1, 0.15) is 55.1 Å². The lowest BCUT2D eigenvalue weighted by atomic mass is 9.81. The topological polar surface area (TPSA) is 57.2 Å². The smallest absolute Gasteiger partial charge is 0.253 e. The molecule has 1 unspecified atom stereocenters. The van der Waals surface area contributed by atoms with E-state index < -0.39 is 0 Å². The molecule has 1 fully saturated rings. The molecule has 31 heavy (non-hydrogen) atoms. The second kappa shape index (κ2) is 8.79. The van der Waals surface area contributed by atoms with Gasteiger partial charge in [-0.15, -0.1) is 0 Å². The van der Waals surface area contributed by atoms with Crippen LogP contribution in [-0.4, -0.2) is 49.8 Å². The number of para-hydroxylation sites is 1. The number of fused-ring (bicyclic) bond motifs is 1. The maximum absolute atomic E-state index is 13.2. The molecule has 2 heterocycles. The Morgan fingerprint density at radius 2 is 1.84 bits per heavy atom. The molecule has 2 aliphatic heterocycles. The molecule has 166 valence electrons. The zero-order chi connectivity index (χ0) is 22.0. The number of rotatable bonds is 5. The Balaban J connectivity index is 1.46. The Morgan fingerprint density at radius 1 is 1.10 bits per heavy atom. The van der Waals surface area contributed by atoms with E-state index >= 15 is 0 Å². The summed E-state index contributed by atoms with van der Waals surface area (Å²) in [7, 11) is 3.34. The van der Waals surface area contributed by atoms with Gasteiger partial charge in [0, 0.05) is 50.6 Å². The van der Waals surface area contributed by atoms with Crippen LogP contribution in [-0.2, 0) is 4.74 Å². The molecule has 1 atom stereocenters. The van der Waals surface area contributed by atoms with Crippen molar-refractivity contribution in [2.45, 2.75) is 50.9 Å². The van der Waals surface area contributed by atoms with Crippen molar-refractivity contribution in [3.63, 3.8) is 0 Å². The lowest BCUT2D eigenvalue weighted by Gasteiger charge is -2.46. The highest BCUT2D eigenvalue weighted by molar-refractivity contribution is 5.95. The van der Waals surface area contributed by atoms with Crippen molar-refractivity contribution >= 4 is 5.91 Å². The van der Waals surface area contributed by atoms with E-state index in [2.05, 4.69) is 6.07 Å². The van der Waals surface area contributed by atoms with E-state index in [0.29, 0.717) is 30.2 Å². The van der Waals surface area contributed by atoms with Crippen LogP contribution in [0.15, 0.2) is 42.5 Å². The van der Waals surface area contributed by atoms with Gasteiger partial charge in [0.05, 0.1) is 19.3 Å². The molecule has 0 radical (unpaired) electrons. The molecule has 1 saturated heterocycles. The van der Waals surface area contributed by atoms with E-state index in [1.165, 1.54) is 0 Å². The number of carbonyl (C=O) groups excluding carboxylic acids is 1. The second-order valence-electron chi connectivity index (χ2n) is 8.58. The fourth-order valence-corrected chi connectivity index (χ4v) is 4.53. The highest BCUT2D eigenvalue weighted by Gasteiger charge is 2.44. The zero-order valence-corrected chi connectivity index (χ0v) is 18.7. The van der Waals surface area contributed by atoms with Crippen LogP contribution in [0.25, 0.3) is 0 Å². The van der Waals surface area contributed by atoms with Gasteiger partial charge < -0.3 is 23.8 Å². The molecule has 4 rings (SSSR count). The quantitative estimate of drug-likeness (QED) is 0.699. The fraction of sp³-hybridized carbons (Fsp3) is 0.480. The average molecular weight is 426 g/mol. The van der Waals surface area contributed by atoms with Gasteiger partial charge in [-0.25, -0.2) is 0 Å². The van der Waals surface area contributed by atoms with Crippen molar-refractivity contribution in [2.75, 3.05) is 27.3 Å². The van der Waals surface area contributed by atoms with Gasteiger partial charge in [-0.2, -0.15) is 0 Å². The fourth-order valence-electron chi connectivity index (χ4n) is 4.53. The number of ether oxygens (including phenoxy) is 4. The number of hydrogen-bond acceptors (Lipinski definition) is 5. The van der Waals surface area contributed by atoms with E-state index in [-0.39, 0.29) is 23.7 Å². The summed E-state index contributed by atoms with van der Waals surface area (Å²) in [6.07, 6.45) is 2.41. The van der Waals surface area contributed by atoms with Crippen molar-refractivity contribution in [2.24, 2.45) is 0 Å². The van der Waals surface area contributed by atoms with Crippen molar-refractivity contribution in [1.82, 2.24) is 4.90 Å². The number of nitrogens with zero attached hydrogens (tertiary/aromatic N) is 1. The predicted molar refractivity (Wildman–Crippen MR) is 118 cm³/mol. The van der Waals surface area contributed by atoms with Crippen molar-refractivity contribution in [1.29, 1.82) is 0 Å². The highest BCUT2D eigenvalue weighted by atomic mass is 16.5. The summed E-state index contributed by atoms with van der Waals surface area (Å²) >= 11 is 0. The number of carbonyl (C=O) groups is 1. The normalized spacial score (nSPS) is 19.6. The first-order valence-corrected chi connectivity index (χ1v) is 10.9. The molecule has 1 amide bonds. The van der Waals surface area contributed by atoms with Crippen LogP contribution in [0.5, 0.6) is 17.2 Å². The first-order chi connectivity index (χ1) is 14.9. The van der Waals surface area contributed by atoms with Crippen LogP contribution >= 0.6 is 0 Å². The SMILES string of the molecule is COc1cc(C(=O)N2CCC3(CC2)CC(OC)c2ccccc2O3)ccc1OC(C)C. The summed E-state index contributed by atoms with van der Waals surface area (Å²) in [6.45, 7) is 5.21. The van der Waals surface area contributed by atoms with Crippen LogP contribution in [0, 0.1) is 0 Å². The van der Waals surface area contributed by atoms with Gasteiger partial charge in [0.2, 0.25) is 0 Å². The Hall–Kier alpha value is -2.73. The first kappa shape index (κ1) is 21.5. The minimum atomic E-state index is -0.293. The third-order valence-corrected chi connectivity index (χ3v) is 6.17. The lowest BCUT2D eigenvalue weighted by Crippen LogP contribution is -2.52. The molecule has 6 nitrogen and oxygen atoms in total. The minimum Gasteiger partial charge on any atom is -0.493 e. The second-order valence-corrected chi connectivity index (χ2v) is 8.58. The van der Waals surface area contributed by atoms with Gasteiger partial charge >= 0.3 is 0 Å². The van der Waals surface area contributed by atoms with Crippen LogP contribution < -0.4 is 14.2 Å². The van der Waals surface area contributed by atoms with Crippen LogP contribution in [0.4, 0.5) is 0 Å². The molecule has 2 aromatic rings. The zero-order valence-electron chi connectivity index (χ0n) is 18.7. The maximum atomic E-state index is 13.2. The van der Waals surface area contributed by atoms with Gasteiger partial charge in [-0.05, 0) is 38.1 Å². The number of hydrogen-bond donors (Lipinski definition) is 0. The molecule has 0 N–H and O–H groups in total. The molecule has 2 aromatic carbocycles. The van der Waals surface area contributed by atoms with Crippen molar-refractivity contribution in [3.05, 3.63) is 53.6 Å². The van der Waals surface area contributed by atoms with E-state index in [1.54, 1.807) is 26.4 Å². The molecule has 0 saturated carbocycles. The summed E-state index contributed by atoms with van der Waals surface area (Å²) in [6, 6.07) is 13.5. The van der Waals surface area contributed by atoms with Crippen LogP contribution in [0.3, 0.4) is 0 Å². The van der Waals surface area contributed by atoms with Gasteiger partial charge in [-0.3, -0.25) is 4.79 Å². The summed E-state index contributed by atoms with van der Waals surface area (Å²) in [5, 5.41) is 0. The van der Waals surface area contributed by atoms with E-state index in [0.717, 1.165) is 30.6 Å². The predicted octanol–water partition coefficient (Wildman–Crippen LogP) is 4.63. The Morgan fingerprint density at radius 3 is 2.52 bits per heavy atom. The number of benzene rings is 2. The van der Waals surface area contributed by atoms with Gasteiger partial charge in [0.15, 0.2) is 11.5 Å². The van der Waals surface area contributed by atoms with Crippen LogP contribution in [0.2, 0.25) is 0 Å². The molecule has 6 heteroatoms. The van der Waals surface area contributed by atoms with E-state index in [9.17, 15) is 4.79 Å². The Labute approximate surface area is 184 Å². The summed E-state index contributed by atoms with van der Waals surface area (Å²) < 4.78 is 23.4. The third-order valence-electron chi connectivity index (χ3n) is 6.17. The highest BCUT2D eigenvalue weighted by Crippen LogP contribution is 2.45. The van der Waals surface area contributed by atoms with Crippen molar-refractivity contribution < 1.29 is 23.7 Å². The molecular formula is C25H31NO5.